The number of hydrogen-bond acceptors (Lipinski definition) is 4. The third kappa shape index (κ3) is 3.98. The molecule has 140 valence electrons. The molecule has 3 aromatic carbocycles. The highest BCUT2D eigenvalue weighted by molar-refractivity contribution is 6.32. The largest absolute Gasteiger partial charge is 0.489 e. The van der Waals surface area contributed by atoms with E-state index >= 15 is 0 Å². The van der Waals surface area contributed by atoms with Crippen LogP contribution in [-0.2, 0) is 6.61 Å². The van der Waals surface area contributed by atoms with Crippen molar-refractivity contribution in [3.05, 3.63) is 98.8 Å². The van der Waals surface area contributed by atoms with Crippen LogP contribution < -0.4 is 14.9 Å². The van der Waals surface area contributed by atoms with Gasteiger partial charge in [-0.2, -0.15) is 0 Å². The van der Waals surface area contributed by atoms with Gasteiger partial charge in [0.1, 0.15) is 30.0 Å². The standard InChI is InChI=1S/C22H14Cl2O4/c23-15-7-5-14(6-8-15)12-26-16-9-10-17-20(11-16)27-13-21(22(17)25)28-19-4-2-1-3-18(19)24/h1-11,13H,12H2. The fourth-order valence-electron chi connectivity index (χ4n) is 2.64. The highest BCUT2D eigenvalue weighted by Crippen LogP contribution is 2.29. The Bertz CT molecular complexity index is 1180. The van der Waals surface area contributed by atoms with E-state index < -0.39 is 0 Å². The molecule has 0 atom stereocenters. The second kappa shape index (κ2) is 7.97. The van der Waals surface area contributed by atoms with Crippen molar-refractivity contribution >= 4 is 34.2 Å². The van der Waals surface area contributed by atoms with Gasteiger partial charge in [0, 0.05) is 11.1 Å². The first-order chi connectivity index (χ1) is 13.6. The van der Waals surface area contributed by atoms with Gasteiger partial charge in [-0.25, -0.2) is 0 Å². The molecule has 0 saturated heterocycles. The molecule has 0 unspecified atom stereocenters. The van der Waals surface area contributed by atoms with E-state index in [4.69, 9.17) is 37.1 Å². The summed E-state index contributed by atoms with van der Waals surface area (Å²) in [6.45, 7) is 0.376. The maximum atomic E-state index is 12.7. The Hall–Kier alpha value is -2.95. The van der Waals surface area contributed by atoms with Gasteiger partial charge in [-0.05, 0) is 42.0 Å². The summed E-state index contributed by atoms with van der Waals surface area (Å²) in [5.41, 5.74) is 1.10. The van der Waals surface area contributed by atoms with E-state index in [9.17, 15) is 4.79 Å². The minimum atomic E-state index is -0.287. The number of ether oxygens (including phenoxy) is 2. The summed E-state index contributed by atoms with van der Waals surface area (Å²) in [5.74, 6) is 1.04. The fourth-order valence-corrected chi connectivity index (χ4v) is 2.94. The zero-order chi connectivity index (χ0) is 19.5. The molecule has 1 heterocycles. The lowest BCUT2D eigenvalue weighted by atomic mass is 10.2. The Balaban J connectivity index is 1.56. The lowest BCUT2D eigenvalue weighted by Crippen LogP contribution is -2.05. The predicted octanol–water partition coefficient (Wildman–Crippen LogP) is 6.47. The normalized spacial score (nSPS) is 10.8. The SMILES string of the molecule is O=c1c(Oc2ccccc2Cl)coc2cc(OCc3ccc(Cl)cc3)ccc12. The van der Waals surface area contributed by atoms with Gasteiger partial charge < -0.3 is 13.9 Å². The molecule has 4 aromatic rings. The average molecular weight is 413 g/mol. The van der Waals surface area contributed by atoms with Crippen LogP contribution in [0.4, 0.5) is 0 Å². The van der Waals surface area contributed by atoms with E-state index in [-0.39, 0.29) is 11.2 Å². The molecule has 28 heavy (non-hydrogen) atoms. The topological polar surface area (TPSA) is 48.7 Å². The zero-order valence-electron chi connectivity index (χ0n) is 14.5. The van der Waals surface area contributed by atoms with Gasteiger partial charge in [0.2, 0.25) is 11.2 Å². The van der Waals surface area contributed by atoms with Gasteiger partial charge >= 0.3 is 0 Å². The smallest absolute Gasteiger partial charge is 0.235 e. The third-order valence-corrected chi connectivity index (χ3v) is 4.65. The van der Waals surface area contributed by atoms with Crippen molar-refractivity contribution in [3.8, 4) is 17.2 Å². The Morgan fingerprint density at radius 3 is 2.46 bits per heavy atom. The average Bonchev–Trinajstić information content (AvgIpc) is 2.71. The van der Waals surface area contributed by atoms with Gasteiger partial charge in [-0.3, -0.25) is 4.79 Å². The summed E-state index contributed by atoms with van der Waals surface area (Å²) >= 11 is 12.0. The van der Waals surface area contributed by atoms with E-state index in [0.29, 0.717) is 39.1 Å². The zero-order valence-corrected chi connectivity index (χ0v) is 16.0. The van der Waals surface area contributed by atoms with E-state index in [1.54, 1.807) is 54.6 Å². The summed E-state index contributed by atoms with van der Waals surface area (Å²) in [4.78, 5) is 12.7. The summed E-state index contributed by atoms with van der Waals surface area (Å²) in [6.07, 6.45) is 1.27. The molecule has 1 aromatic heterocycles. The first-order valence-electron chi connectivity index (χ1n) is 8.45. The van der Waals surface area contributed by atoms with Gasteiger partial charge in [0.25, 0.3) is 0 Å². The van der Waals surface area contributed by atoms with Crippen molar-refractivity contribution in [3.63, 3.8) is 0 Å². The highest BCUT2D eigenvalue weighted by atomic mass is 35.5. The summed E-state index contributed by atoms with van der Waals surface area (Å²) in [5, 5.41) is 1.47. The van der Waals surface area contributed by atoms with Gasteiger partial charge in [-0.15, -0.1) is 0 Å². The highest BCUT2D eigenvalue weighted by Gasteiger charge is 2.11. The first-order valence-corrected chi connectivity index (χ1v) is 9.21. The molecule has 0 aliphatic heterocycles. The summed E-state index contributed by atoms with van der Waals surface area (Å²) in [6, 6.07) is 19.4. The Labute approximate surface area is 170 Å². The molecule has 0 radical (unpaired) electrons. The maximum absolute atomic E-state index is 12.7. The van der Waals surface area contributed by atoms with Crippen LogP contribution in [0.2, 0.25) is 10.0 Å². The molecule has 0 aliphatic carbocycles. The lowest BCUT2D eigenvalue weighted by molar-refractivity contribution is 0.306. The Kier molecular flexibility index (Phi) is 5.24. The van der Waals surface area contributed by atoms with Crippen LogP contribution in [0.15, 0.2) is 82.2 Å². The Morgan fingerprint density at radius 2 is 1.68 bits per heavy atom. The molecule has 4 nitrogen and oxygen atoms in total. The van der Waals surface area contributed by atoms with Crippen molar-refractivity contribution in [1.82, 2.24) is 0 Å². The van der Waals surface area contributed by atoms with E-state index in [1.165, 1.54) is 6.26 Å². The lowest BCUT2D eigenvalue weighted by Gasteiger charge is -2.09. The van der Waals surface area contributed by atoms with Gasteiger partial charge in [0.15, 0.2) is 0 Å². The molecular formula is C22H14Cl2O4. The molecule has 0 spiro atoms. The van der Waals surface area contributed by atoms with Crippen LogP contribution in [0.5, 0.6) is 17.2 Å². The molecular weight excluding hydrogens is 399 g/mol. The number of rotatable bonds is 5. The van der Waals surface area contributed by atoms with Crippen LogP contribution in [0, 0.1) is 0 Å². The quantitative estimate of drug-likeness (QED) is 0.376. The number of benzene rings is 3. The van der Waals surface area contributed by atoms with E-state index in [0.717, 1.165) is 5.56 Å². The predicted molar refractivity (Wildman–Crippen MR) is 110 cm³/mol. The molecule has 0 fully saturated rings. The van der Waals surface area contributed by atoms with Crippen molar-refractivity contribution < 1.29 is 13.9 Å². The summed E-state index contributed by atoms with van der Waals surface area (Å²) in [7, 11) is 0. The molecule has 0 aliphatic rings. The number of halogens is 2. The van der Waals surface area contributed by atoms with E-state index in [1.807, 2.05) is 12.1 Å². The minimum Gasteiger partial charge on any atom is -0.489 e. The van der Waals surface area contributed by atoms with Crippen LogP contribution in [0.3, 0.4) is 0 Å². The maximum Gasteiger partial charge on any atom is 0.235 e. The molecule has 0 bridgehead atoms. The van der Waals surface area contributed by atoms with Crippen LogP contribution in [-0.4, -0.2) is 0 Å². The van der Waals surface area contributed by atoms with Crippen LogP contribution in [0.1, 0.15) is 5.56 Å². The monoisotopic (exact) mass is 412 g/mol. The Morgan fingerprint density at radius 1 is 0.893 bits per heavy atom. The number of para-hydroxylation sites is 1. The first kappa shape index (κ1) is 18.4. The second-order valence-corrected chi connectivity index (χ2v) is 6.88. The third-order valence-electron chi connectivity index (χ3n) is 4.09. The van der Waals surface area contributed by atoms with Crippen LogP contribution in [0.25, 0.3) is 11.0 Å². The van der Waals surface area contributed by atoms with Crippen molar-refractivity contribution in [1.29, 1.82) is 0 Å². The minimum absolute atomic E-state index is 0.0652. The molecule has 0 saturated carbocycles. The van der Waals surface area contributed by atoms with Gasteiger partial charge in [0.05, 0.1) is 10.4 Å². The van der Waals surface area contributed by atoms with E-state index in [2.05, 4.69) is 0 Å². The molecule has 6 heteroatoms. The molecule has 4 rings (SSSR count). The van der Waals surface area contributed by atoms with Gasteiger partial charge in [-0.1, -0.05) is 47.5 Å². The second-order valence-electron chi connectivity index (χ2n) is 6.03. The number of hydrogen-bond donors (Lipinski definition) is 0. The van der Waals surface area contributed by atoms with Crippen molar-refractivity contribution in [2.24, 2.45) is 0 Å². The fraction of sp³-hybridized carbons (Fsp3) is 0.0455. The van der Waals surface area contributed by atoms with Crippen molar-refractivity contribution in [2.75, 3.05) is 0 Å². The van der Waals surface area contributed by atoms with Crippen molar-refractivity contribution in [2.45, 2.75) is 6.61 Å². The molecule has 0 amide bonds. The van der Waals surface area contributed by atoms with Crippen LogP contribution >= 0.6 is 23.2 Å². The summed E-state index contributed by atoms with van der Waals surface area (Å²) < 4.78 is 17.0. The molecule has 0 N–H and O–H groups in total. The number of fused-ring (bicyclic) bond motifs is 1.